The van der Waals surface area contributed by atoms with Crippen LogP contribution in [0, 0.1) is 0 Å². The molecule has 0 saturated heterocycles. The average Bonchev–Trinajstić information content (AvgIpc) is 3.74. The van der Waals surface area contributed by atoms with Crippen molar-refractivity contribution >= 4 is 61.1 Å². The molecule has 0 unspecified atom stereocenters. The van der Waals surface area contributed by atoms with E-state index in [1.807, 2.05) is 54.6 Å². The first-order chi connectivity index (χ1) is 24.7. The number of ether oxygens (including phenoxy) is 1. The van der Waals surface area contributed by atoms with Crippen molar-refractivity contribution in [2.45, 2.75) is 23.8 Å². The van der Waals surface area contributed by atoms with Gasteiger partial charge in [-0.25, -0.2) is 22.6 Å². The third-order valence-corrected chi connectivity index (χ3v) is 10.7. The van der Waals surface area contributed by atoms with Crippen LogP contribution < -0.4 is 9.46 Å². The highest BCUT2D eigenvalue weighted by Crippen LogP contribution is 2.38. The summed E-state index contributed by atoms with van der Waals surface area (Å²) in [5.74, 6) is -0.491. The predicted octanol–water partition coefficient (Wildman–Crippen LogP) is 7.96. The second-order valence-electron chi connectivity index (χ2n) is 11.8. The van der Waals surface area contributed by atoms with Crippen LogP contribution in [0.5, 0.6) is 5.75 Å². The maximum atomic E-state index is 13.7. The van der Waals surface area contributed by atoms with Crippen LogP contribution in [-0.2, 0) is 22.9 Å². The number of carboxylic acid groups (broad SMARTS) is 1. The van der Waals surface area contributed by atoms with Gasteiger partial charge in [0.15, 0.2) is 11.0 Å². The van der Waals surface area contributed by atoms with E-state index in [0.717, 1.165) is 33.3 Å². The Morgan fingerprint density at radius 1 is 0.843 bits per heavy atom. The Morgan fingerprint density at radius 3 is 2.18 bits per heavy atom. The van der Waals surface area contributed by atoms with Crippen LogP contribution in [0.4, 0.5) is 0 Å². The topological polar surface area (TPSA) is 137 Å². The van der Waals surface area contributed by atoms with Gasteiger partial charge in [0.2, 0.25) is 10.0 Å². The summed E-state index contributed by atoms with van der Waals surface area (Å²) in [6.45, 7) is 0.308. The molecule has 2 N–H and O–H groups in total. The van der Waals surface area contributed by atoms with Crippen molar-refractivity contribution in [3.63, 3.8) is 0 Å². The van der Waals surface area contributed by atoms with Crippen molar-refractivity contribution in [3.05, 3.63) is 153 Å². The summed E-state index contributed by atoms with van der Waals surface area (Å²) in [6, 6.07) is 34.8. The van der Waals surface area contributed by atoms with Gasteiger partial charge in [0.1, 0.15) is 10.6 Å². The Labute approximate surface area is 303 Å². The molecule has 0 aliphatic rings. The second kappa shape index (κ2) is 14.6. The summed E-state index contributed by atoms with van der Waals surface area (Å²) < 4.78 is 43.2. The van der Waals surface area contributed by atoms with E-state index in [9.17, 15) is 18.3 Å². The van der Waals surface area contributed by atoms with Crippen LogP contribution in [0.2, 0.25) is 10.0 Å². The molecule has 0 aliphatic carbocycles. The van der Waals surface area contributed by atoms with E-state index in [2.05, 4.69) is 43.9 Å². The van der Waals surface area contributed by atoms with Gasteiger partial charge >= 0.3 is 5.97 Å². The van der Waals surface area contributed by atoms with Crippen LogP contribution in [0.25, 0.3) is 21.9 Å². The molecule has 0 spiro atoms. The fourth-order valence-corrected chi connectivity index (χ4v) is 7.91. The molecular weight excluding hydrogens is 711 g/mol. The molecule has 0 radical (unpaired) electrons. The number of fused-ring (bicyclic) bond motifs is 2. The molecule has 0 saturated carbocycles. The SMILES string of the molecule is O=C(O)c1ccc(OCCc2c(CCNS(=O)(=O)c3ccc(Cl)c4nonc34)n(C(c3ccccc3)c3ccccc3)c3ccc(Cl)cc23)cc1. The van der Waals surface area contributed by atoms with Gasteiger partial charge < -0.3 is 14.4 Å². The number of aromatic carboxylic acids is 1. The number of hydrogen-bond donors (Lipinski definition) is 2. The van der Waals surface area contributed by atoms with Gasteiger partial charge in [-0.1, -0.05) is 83.9 Å². The number of benzene rings is 5. The number of rotatable bonds is 13. The maximum absolute atomic E-state index is 13.7. The molecule has 0 aliphatic heterocycles. The average molecular weight is 742 g/mol. The zero-order valence-corrected chi connectivity index (χ0v) is 29.2. The molecule has 7 aromatic rings. The Bertz CT molecular complexity index is 2410. The molecule has 5 aromatic carbocycles. The van der Waals surface area contributed by atoms with Crippen LogP contribution in [0.3, 0.4) is 0 Å². The summed E-state index contributed by atoms with van der Waals surface area (Å²) in [4.78, 5) is 11.2. The molecule has 0 amide bonds. The first-order valence-electron chi connectivity index (χ1n) is 16.0. The first kappa shape index (κ1) is 34.3. The van der Waals surface area contributed by atoms with Crippen molar-refractivity contribution in [3.8, 4) is 5.75 Å². The molecule has 7 rings (SSSR count). The minimum absolute atomic E-state index is 0.0428. The number of carboxylic acids is 1. The van der Waals surface area contributed by atoms with Crippen LogP contribution in [0.15, 0.2) is 125 Å². The van der Waals surface area contributed by atoms with Crippen molar-refractivity contribution in [2.75, 3.05) is 13.2 Å². The first-order valence-corrected chi connectivity index (χ1v) is 18.2. The van der Waals surface area contributed by atoms with Crippen LogP contribution in [0.1, 0.15) is 38.8 Å². The van der Waals surface area contributed by atoms with Gasteiger partial charge in [0.25, 0.3) is 0 Å². The van der Waals surface area contributed by atoms with Gasteiger partial charge in [-0.05, 0) is 81.6 Å². The zero-order chi connectivity index (χ0) is 35.5. The number of halogens is 2. The minimum atomic E-state index is -4.06. The fraction of sp³-hybridized carbons (Fsp3) is 0.132. The van der Waals surface area contributed by atoms with Gasteiger partial charge in [-0.15, -0.1) is 0 Å². The summed E-state index contributed by atoms with van der Waals surface area (Å²) in [7, 11) is -4.06. The molecule has 13 heteroatoms. The molecule has 2 aromatic heterocycles. The summed E-state index contributed by atoms with van der Waals surface area (Å²) in [6.07, 6.45) is 0.753. The van der Waals surface area contributed by atoms with E-state index < -0.39 is 16.0 Å². The minimum Gasteiger partial charge on any atom is -0.493 e. The summed E-state index contributed by atoms with van der Waals surface area (Å²) >= 11 is 12.8. The van der Waals surface area contributed by atoms with E-state index in [1.54, 1.807) is 12.1 Å². The molecule has 0 atom stereocenters. The van der Waals surface area contributed by atoms with Crippen molar-refractivity contribution in [1.29, 1.82) is 0 Å². The normalized spacial score (nSPS) is 11.8. The highest BCUT2D eigenvalue weighted by molar-refractivity contribution is 7.89. The molecule has 10 nitrogen and oxygen atoms in total. The Kier molecular flexibility index (Phi) is 9.79. The third kappa shape index (κ3) is 7.06. The lowest BCUT2D eigenvalue weighted by molar-refractivity contribution is 0.0697. The number of hydrogen-bond acceptors (Lipinski definition) is 7. The second-order valence-corrected chi connectivity index (χ2v) is 14.3. The van der Waals surface area contributed by atoms with Gasteiger partial charge in [0, 0.05) is 41.0 Å². The number of aromatic nitrogens is 3. The quantitative estimate of drug-likeness (QED) is 0.122. The van der Waals surface area contributed by atoms with Crippen LogP contribution in [-0.4, -0.2) is 47.5 Å². The van der Waals surface area contributed by atoms with Crippen molar-refractivity contribution < 1.29 is 27.7 Å². The molecule has 258 valence electrons. The monoisotopic (exact) mass is 740 g/mol. The van der Waals surface area contributed by atoms with E-state index >= 15 is 0 Å². The van der Waals surface area contributed by atoms with Gasteiger partial charge in [0.05, 0.1) is 23.2 Å². The zero-order valence-electron chi connectivity index (χ0n) is 26.9. The Balaban J connectivity index is 1.30. The standard InChI is InChI=1S/C38H30Cl2N4O6S/c39-27-13-17-32-30(23-27)29(20-22-49-28-14-11-26(12-15-28)38(45)46)33(44(32)37(24-7-3-1-4-8-24)25-9-5-2-6-10-25)19-21-41-51(47,48)34-18-16-31(40)35-36(34)43-50-42-35/h1-18,23,37,41H,19-22H2,(H,45,46). The lowest BCUT2D eigenvalue weighted by atomic mass is 9.97. The van der Waals surface area contributed by atoms with Crippen molar-refractivity contribution in [1.82, 2.24) is 19.6 Å². The predicted molar refractivity (Wildman–Crippen MR) is 195 cm³/mol. The lowest BCUT2D eigenvalue weighted by Gasteiger charge is -2.25. The van der Waals surface area contributed by atoms with E-state index in [0.29, 0.717) is 23.6 Å². The molecule has 0 bridgehead atoms. The highest BCUT2D eigenvalue weighted by atomic mass is 35.5. The van der Waals surface area contributed by atoms with E-state index in [1.165, 1.54) is 24.3 Å². The molecule has 2 heterocycles. The van der Waals surface area contributed by atoms with E-state index in [-0.39, 0.29) is 45.7 Å². The largest absolute Gasteiger partial charge is 0.493 e. The van der Waals surface area contributed by atoms with Gasteiger partial charge in [-0.3, -0.25) is 0 Å². The fourth-order valence-electron chi connectivity index (χ4n) is 6.39. The molecule has 0 fully saturated rings. The Hall–Kier alpha value is -5.20. The smallest absolute Gasteiger partial charge is 0.335 e. The third-order valence-electron chi connectivity index (χ3n) is 8.67. The summed E-state index contributed by atoms with van der Waals surface area (Å²) in [5, 5.41) is 18.5. The molecule has 51 heavy (non-hydrogen) atoms. The molecular formula is C38H30Cl2N4O6S. The van der Waals surface area contributed by atoms with E-state index in [4.69, 9.17) is 32.6 Å². The summed E-state index contributed by atoms with van der Waals surface area (Å²) in [5.41, 5.74) is 5.20. The number of nitrogens with one attached hydrogen (secondary N) is 1. The number of sulfonamides is 1. The maximum Gasteiger partial charge on any atom is 0.335 e. The van der Waals surface area contributed by atoms with Gasteiger partial charge in [-0.2, -0.15) is 0 Å². The highest BCUT2D eigenvalue weighted by Gasteiger charge is 2.27. The Morgan fingerprint density at radius 2 is 1.51 bits per heavy atom. The van der Waals surface area contributed by atoms with Crippen molar-refractivity contribution in [2.24, 2.45) is 0 Å². The number of nitrogens with zero attached hydrogens (tertiary/aromatic N) is 3. The number of carbonyl (C=O) groups is 1. The van der Waals surface area contributed by atoms with Crippen LogP contribution >= 0.6 is 23.2 Å². The lowest BCUT2D eigenvalue weighted by Crippen LogP contribution is -2.27.